The van der Waals surface area contributed by atoms with Crippen LogP contribution in [-0.2, 0) is 17.9 Å². The molecule has 5 nitrogen and oxygen atoms in total. The Labute approximate surface area is 122 Å². The van der Waals surface area contributed by atoms with Crippen LogP contribution in [0.15, 0.2) is 18.2 Å². The number of nitrogens with zero attached hydrogens (tertiary/aromatic N) is 3. The van der Waals surface area contributed by atoms with Crippen LogP contribution >= 0.6 is 0 Å². The first-order valence-electron chi connectivity index (χ1n) is 7.21. The second-order valence-corrected chi connectivity index (χ2v) is 5.37. The summed E-state index contributed by atoms with van der Waals surface area (Å²) in [4.78, 5) is 17.7. The van der Waals surface area contributed by atoms with Gasteiger partial charge in [-0.3, -0.25) is 9.69 Å². The highest BCUT2D eigenvalue weighted by molar-refractivity contribution is 5.76. The molecule has 3 rings (SSSR count). The molecular weight excluding hydrogens is 273 g/mol. The normalized spacial score (nSPS) is 19.4. The molecule has 0 radical (unpaired) electrons. The number of rotatable bonds is 4. The van der Waals surface area contributed by atoms with Crippen molar-refractivity contribution in [3.8, 4) is 0 Å². The van der Waals surface area contributed by atoms with Crippen molar-refractivity contribution in [2.24, 2.45) is 0 Å². The summed E-state index contributed by atoms with van der Waals surface area (Å²) < 4.78 is 15.3. The molecule has 1 aromatic heterocycles. The van der Waals surface area contributed by atoms with E-state index in [-0.39, 0.29) is 5.82 Å². The summed E-state index contributed by atoms with van der Waals surface area (Å²) in [5, 5.41) is 9.25. The lowest BCUT2D eigenvalue weighted by Crippen LogP contribution is -2.36. The number of carboxylic acids is 1. The number of benzene rings is 1. The SMILES string of the molecule is CCn1c(CN2CCC[C@@H]2C(=O)O)nc2cc(F)ccc21. The zero-order valence-corrected chi connectivity index (χ0v) is 11.9. The summed E-state index contributed by atoms with van der Waals surface area (Å²) in [6.07, 6.45) is 1.56. The fourth-order valence-electron chi connectivity index (χ4n) is 3.10. The molecule has 6 heteroatoms. The van der Waals surface area contributed by atoms with E-state index >= 15 is 0 Å². The van der Waals surface area contributed by atoms with Gasteiger partial charge >= 0.3 is 5.97 Å². The standard InChI is InChI=1S/C15H18FN3O2/c1-2-19-12-6-5-10(16)8-11(12)17-14(19)9-18-7-3-4-13(18)15(20)21/h5-6,8,13H,2-4,7,9H2,1H3,(H,20,21)/t13-/m1/s1. The van der Waals surface area contributed by atoms with Gasteiger partial charge in [0.05, 0.1) is 17.6 Å². The zero-order chi connectivity index (χ0) is 15.0. The van der Waals surface area contributed by atoms with E-state index in [0.717, 1.165) is 30.9 Å². The van der Waals surface area contributed by atoms with Crippen molar-refractivity contribution in [3.05, 3.63) is 29.8 Å². The Morgan fingerprint density at radius 1 is 1.52 bits per heavy atom. The minimum absolute atomic E-state index is 0.306. The van der Waals surface area contributed by atoms with Crippen LogP contribution in [0.1, 0.15) is 25.6 Å². The quantitative estimate of drug-likeness (QED) is 0.938. The van der Waals surface area contributed by atoms with E-state index in [1.165, 1.54) is 12.1 Å². The Bertz CT molecular complexity index is 683. The molecule has 1 aliphatic rings. The summed E-state index contributed by atoms with van der Waals surface area (Å²) in [6, 6.07) is 4.13. The van der Waals surface area contributed by atoms with Crippen LogP contribution in [0, 0.1) is 5.82 Å². The fraction of sp³-hybridized carbons (Fsp3) is 0.467. The maximum atomic E-state index is 13.3. The van der Waals surface area contributed by atoms with Crippen LogP contribution < -0.4 is 0 Å². The largest absolute Gasteiger partial charge is 0.480 e. The number of carboxylic acid groups (broad SMARTS) is 1. The number of hydrogen-bond acceptors (Lipinski definition) is 3. The molecule has 0 unspecified atom stereocenters. The maximum absolute atomic E-state index is 13.3. The third-order valence-corrected chi connectivity index (χ3v) is 4.10. The second kappa shape index (κ2) is 5.44. The van der Waals surface area contributed by atoms with E-state index in [4.69, 9.17) is 0 Å². The minimum Gasteiger partial charge on any atom is -0.480 e. The smallest absolute Gasteiger partial charge is 0.320 e. The highest BCUT2D eigenvalue weighted by Gasteiger charge is 2.31. The predicted molar refractivity (Wildman–Crippen MR) is 76.4 cm³/mol. The van der Waals surface area contributed by atoms with Crippen LogP contribution in [0.3, 0.4) is 0 Å². The highest BCUT2D eigenvalue weighted by Crippen LogP contribution is 2.23. The van der Waals surface area contributed by atoms with Crippen molar-refractivity contribution in [2.75, 3.05) is 6.54 Å². The molecule has 1 saturated heterocycles. The fourth-order valence-corrected chi connectivity index (χ4v) is 3.10. The van der Waals surface area contributed by atoms with Crippen LogP contribution in [0.4, 0.5) is 4.39 Å². The van der Waals surface area contributed by atoms with Gasteiger partial charge in [0.1, 0.15) is 17.7 Å². The molecule has 1 fully saturated rings. The van der Waals surface area contributed by atoms with Crippen LogP contribution in [-0.4, -0.2) is 38.1 Å². The van der Waals surface area contributed by atoms with Crippen molar-refractivity contribution < 1.29 is 14.3 Å². The molecule has 21 heavy (non-hydrogen) atoms. The number of imidazole rings is 1. The van der Waals surface area contributed by atoms with Gasteiger partial charge < -0.3 is 9.67 Å². The Morgan fingerprint density at radius 2 is 2.33 bits per heavy atom. The molecule has 2 aromatic rings. The molecule has 1 aromatic carbocycles. The van der Waals surface area contributed by atoms with Crippen molar-refractivity contribution in [2.45, 2.75) is 38.9 Å². The number of hydrogen-bond donors (Lipinski definition) is 1. The topological polar surface area (TPSA) is 58.4 Å². The van der Waals surface area contributed by atoms with Gasteiger partial charge in [-0.05, 0) is 38.4 Å². The predicted octanol–water partition coefficient (Wildman–Crippen LogP) is 2.24. The van der Waals surface area contributed by atoms with Gasteiger partial charge in [-0.2, -0.15) is 0 Å². The van der Waals surface area contributed by atoms with Crippen molar-refractivity contribution in [3.63, 3.8) is 0 Å². The molecule has 112 valence electrons. The average Bonchev–Trinajstić information content (AvgIpc) is 3.02. The van der Waals surface area contributed by atoms with Crippen molar-refractivity contribution in [1.82, 2.24) is 14.5 Å². The summed E-state index contributed by atoms with van der Waals surface area (Å²) in [7, 11) is 0. The molecule has 2 heterocycles. The molecule has 0 spiro atoms. The van der Waals surface area contributed by atoms with Crippen LogP contribution in [0.5, 0.6) is 0 Å². The first kappa shape index (κ1) is 14.0. The number of halogens is 1. The number of fused-ring (bicyclic) bond motifs is 1. The van der Waals surface area contributed by atoms with E-state index in [9.17, 15) is 14.3 Å². The number of likely N-dealkylation sites (tertiary alicyclic amines) is 1. The van der Waals surface area contributed by atoms with Crippen molar-refractivity contribution in [1.29, 1.82) is 0 Å². The molecule has 1 aliphatic heterocycles. The lowest BCUT2D eigenvalue weighted by Gasteiger charge is -2.20. The summed E-state index contributed by atoms with van der Waals surface area (Å²) in [5.74, 6) is -0.289. The maximum Gasteiger partial charge on any atom is 0.320 e. The number of aromatic nitrogens is 2. The molecular formula is C15H18FN3O2. The van der Waals surface area contributed by atoms with Gasteiger partial charge in [0.2, 0.25) is 0 Å². The van der Waals surface area contributed by atoms with E-state index in [1.807, 2.05) is 16.4 Å². The number of aryl methyl sites for hydroxylation is 1. The lowest BCUT2D eigenvalue weighted by molar-refractivity contribution is -0.142. The molecule has 0 aliphatic carbocycles. The Hall–Kier alpha value is -1.95. The first-order chi connectivity index (χ1) is 10.1. The average molecular weight is 291 g/mol. The molecule has 1 atom stereocenters. The summed E-state index contributed by atoms with van der Waals surface area (Å²) in [5.41, 5.74) is 1.51. The Morgan fingerprint density at radius 3 is 3.05 bits per heavy atom. The monoisotopic (exact) mass is 291 g/mol. The van der Waals surface area contributed by atoms with Crippen LogP contribution in [0.2, 0.25) is 0 Å². The molecule has 0 amide bonds. The van der Waals surface area contributed by atoms with E-state index < -0.39 is 12.0 Å². The Balaban J connectivity index is 1.94. The van der Waals surface area contributed by atoms with Gasteiger partial charge in [-0.25, -0.2) is 9.37 Å². The lowest BCUT2D eigenvalue weighted by atomic mass is 10.2. The van der Waals surface area contributed by atoms with Crippen molar-refractivity contribution >= 4 is 17.0 Å². The molecule has 0 saturated carbocycles. The van der Waals surface area contributed by atoms with Gasteiger partial charge in [-0.15, -0.1) is 0 Å². The van der Waals surface area contributed by atoms with Gasteiger partial charge in [-0.1, -0.05) is 0 Å². The van der Waals surface area contributed by atoms with Crippen LogP contribution in [0.25, 0.3) is 11.0 Å². The second-order valence-electron chi connectivity index (χ2n) is 5.37. The third kappa shape index (κ3) is 2.51. The highest BCUT2D eigenvalue weighted by atomic mass is 19.1. The summed E-state index contributed by atoms with van der Waals surface area (Å²) in [6.45, 7) is 3.98. The van der Waals surface area contributed by atoms with E-state index in [1.54, 1.807) is 6.07 Å². The molecule has 0 bridgehead atoms. The Kier molecular flexibility index (Phi) is 3.63. The van der Waals surface area contributed by atoms with Gasteiger partial charge in [0, 0.05) is 12.6 Å². The van der Waals surface area contributed by atoms with Gasteiger partial charge in [0.15, 0.2) is 0 Å². The third-order valence-electron chi connectivity index (χ3n) is 4.10. The van der Waals surface area contributed by atoms with Gasteiger partial charge in [0.25, 0.3) is 0 Å². The molecule has 1 N–H and O–H groups in total. The zero-order valence-electron chi connectivity index (χ0n) is 11.9. The van der Waals surface area contributed by atoms with E-state index in [2.05, 4.69) is 4.98 Å². The number of carbonyl (C=O) groups is 1. The van der Waals surface area contributed by atoms with E-state index in [0.29, 0.717) is 18.5 Å². The minimum atomic E-state index is -0.780. The summed E-state index contributed by atoms with van der Waals surface area (Å²) >= 11 is 0. The first-order valence-corrected chi connectivity index (χ1v) is 7.21. The number of aliphatic carboxylic acids is 1.